The average Bonchev–Trinajstić information content (AvgIpc) is 2.51. The summed E-state index contributed by atoms with van der Waals surface area (Å²) in [6, 6.07) is 4.12. The Morgan fingerprint density at radius 1 is 1.35 bits per heavy atom. The first-order valence-corrected chi connectivity index (χ1v) is 6.35. The van der Waals surface area contributed by atoms with Crippen molar-refractivity contribution in [3.8, 4) is 5.75 Å². The molecule has 1 heterocycles. The quantitative estimate of drug-likeness (QED) is 0.828. The predicted molar refractivity (Wildman–Crippen MR) is 60.1 cm³/mol. The molecule has 5 nitrogen and oxygen atoms in total. The minimum absolute atomic E-state index is 0.0411. The van der Waals surface area contributed by atoms with Gasteiger partial charge in [0.25, 0.3) is 0 Å². The SMILES string of the molecule is CC(C(=O)O)C1=Cc2c(O)cccc2S1(=O)=O. The van der Waals surface area contributed by atoms with Gasteiger partial charge in [-0.2, -0.15) is 0 Å². The third-order valence-corrected chi connectivity index (χ3v) is 4.75. The van der Waals surface area contributed by atoms with E-state index in [1.165, 1.54) is 31.2 Å². The van der Waals surface area contributed by atoms with Crippen molar-refractivity contribution in [1.82, 2.24) is 0 Å². The van der Waals surface area contributed by atoms with Crippen LogP contribution in [0.25, 0.3) is 6.08 Å². The third kappa shape index (κ3) is 1.61. The van der Waals surface area contributed by atoms with Crippen LogP contribution in [0.5, 0.6) is 5.75 Å². The Balaban J connectivity index is 2.67. The van der Waals surface area contributed by atoms with Gasteiger partial charge in [-0.15, -0.1) is 0 Å². The van der Waals surface area contributed by atoms with Crippen LogP contribution in [0.1, 0.15) is 12.5 Å². The second kappa shape index (κ2) is 3.59. The van der Waals surface area contributed by atoms with Crippen LogP contribution in [-0.4, -0.2) is 24.6 Å². The summed E-state index contributed by atoms with van der Waals surface area (Å²) in [7, 11) is -3.79. The number of hydrogen-bond donors (Lipinski definition) is 2. The molecule has 1 aromatic carbocycles. The highest BCUT2D eigenvalue weighted by molar-refractivity contribution is 7.95. The monoisotopic (exact) mass is 254 g/mol. The zero-order valence-corrected chi connectivity index (χ0v) is 9.73. The summed E-state index contributed by atoms with van der Waals surface area (Å²) in [6.07, 6.45) is 1.22. The van der Waals surface area contributed by atoms with Crippen molar-refractivity contribution in [3.63, 3.8) is 0 Å². The summed E-state index contributed by atoms with van der Waals surface area (Å²) in [5.74, 6) is -2.52. The lowest BCUT2D eigenvalue weighted by molar-refractivity contribution is -0.139. The number of fused-ring (bicyclic) bond motifs is 1. The maximum Gasteiger partial charge on any atom is 0.311 e. The summed E-state index contributed by atoms with van der Waals surface area (Å²) in [5, 5.41) is 18.4. The zero-order valence-electron chi connectivity index (χ0n) is 8.91. The lowest BCUT2D eigenvalue weighted by Crippen LogP contribution is -2.16. The molecular formula is C11H10O5S. The van der Waals surface area contributed by atoms with E-state index in [1.807, 2.05) is 0 Å². The van der Waals surface area contributed by atoms with Gasteiger partial charge in [0.2, 0.25) is 9.84 Å². The van der Waals surface area contributed by atoms with Crippen LogP contribution in [0.4, 0.5) is 0 Å². The van der Waals surface area contributed by atoms with Gasteiger partial charge in [0.05, 0.1) is 15.7 Å². The second-order valence-corrected chi connectivity index (χ2v) is 5.72. The molecule has 2 N–H and O–H groups in total. The standard InChI is InChI=1S/C11H10O5S/c1-6(11(13)14)10-5-7-8(12)3-2-4-9(7)17(10,15)16/h2-6,12H,1H3,(H,13,14). The summed E-state index contributed by atoms with van der Waals surface area (Å²) >= 11 is 0. The van der Waals surface area contributed by atoms with Gasteiger partial charge in [-0.25, -0.2) is 8.42 Å². The van der Waals surface area contributed by atoms with E-state index in [0.29, 0.717) is 0 Å². The Bertz CT molecular complexity index is 627. The molecule has 0 amide bonds. The first-order chi connectivity index (χ1) is 7.85. The van der Waals surface area contributed by atoms with E-state index in [-0.39, 0.29) is 21.1 Å². The Kier molecular flexibility index (Phi) is 2.46. The first kappa shape index (κ1) is 11.7. The van der Waals surface area contributed by atoms with Crippen molar-refractivity contribution >= 4 is 21.9 Å². The van der Waals surface area contributed by atoms with Gasteiger partial charge >= 0.3 is 5.97 Å². The first-order valence-electron chi connectivity index (χ1n) is 4.87. The summed E-state index contributed by atoms with van der Waals surface area (Å²) in [4.78, 5) is 10.6. The molecule has 0 aromatic heterocycles. The van der Waals surface area contributed by atoms with Crippen LogP contribution in [0.15, 0.2) is 28.0 Å². The molecule has 1 atom stereocenters. The van der Waals surface area contributed by atoms with E-state index in [1.54, 1.807) is 0 Å². The van der Waals surface area contributed by atoms with Crippen molar-refractivity contribution in [3.05, 3.63) is 28.7 Å². The maximum atomic E-state index is 12.0. The maximum absolute atomic E-state index is 12.0. The molecule has 1 unspecified atom stereocenters. The van der Waals surface area contributed by atoms with E-state index in [4.69, 9.17) is 5.11 Å². The number of phenols is 1. The Hall–Kier alpha value is -1.82. The smallest absolute Gasteiger partial charge is 0.311 e. The van der Waals surface area contributed by atoms with Crippen molar-refractivity contribution in [2.75, 3.05) is 0 Å². The number of sulfone groups is 1. The fourth-order valence-corrected chi connectivity index (χ4v) is 3.54. The molecule has 0 saturated heterocycles. The van der Waals surface area contributed by atoms with Crippen LogP contribution in [0.3, 0.4) is 0 Å². The molecule has 0 spiro atoms. The van der Waals surface area contributed by atoms with Crippen LogP contribution < -0.4 is 0 Å². The number of aliphatic carboxylic acids is 1. The Morgan fingerprint density at radius 2 is 2.00 bits per heavy atom. The van der Waals surface area contributed by atoms with Gasteiger partial charge in [-0.1, -0.05) is 6.07 Å². The van der Waals surface area contributed by atoms with Crippen LogP contribution >= 0.6 is 0 Å². The summed E-state index contributed by atoms with van der Waals surface area (Å²) < 4.78 is 24.1. The van der Waals surface area contributed by atoms with Gasteiger partial charge < -0.3 is 10.2 Å². The number of carbonyl (C=O) groups is 1. The number of benzene rings is 1. The highest BCUT2D eigenvalue weighted by atomic mass is 32.2. The van der Waals surface area contributed by atoms with Gasteiger partial charge in [-0.3, -0.25) is 4.79 Å². The second-order valence-electron chi connectivity index (χ2n) is 3.80. The van der Waals surface area contributed by atoms with Crippen molar-refractivity contribution in [1.29, 1.82) is 0 Å². The largest absolute Gasteiger partial charge is 0.507 e. The molecular weight excluding hydrogens is 244 g/mol. The van der Waals surface area contributed by atoms with Gasteiger partial charge in [0.1, 0.15) is 5.75 Å². The topological polar surface area (TPSA) is 91.7 Å². The number of aromatic hydroxyl groups is 1. The molecule has 1 aliphatic heterocycles. The number of rotatable bonds is 2. The minimum atomic E-state index is -3.79. The molecule has 0 aliphatic carbocycles. The molecule has 0 bridgehead atoms. The number of carboxylic acid groups (broad SMARTS) is 1. The lowest BCUT2D eigenvalue weighted by Gasteiger charge is -2.07. The Morgan fingerprint density at radius 3 is 2.53 bits per heavy atom. The van der Waals surface area contributed by atoms with Crippen LogP contribution in [-0.2, 0) is 14.6 Å². The fourth-order valence-electron chi connectivity index (χ4n) is 1.74. The predicted octanol–water partition coefficient (Wildman–Crippen LogP) is 1.24. The van der Waals surface area contributed by atoms with Crippen LogP contribution in [0.2, 0.25) is 0 Å². The van der Waals surface area contributed by atoms with Gasteiger partial charge in [-0.05, 0) is 25.1 Å². The van der Waals surface area contributed by atoms with E-state index in [9.17, 15) is 18.3 Å². The summed E-state index contributed by atoms with van der Waals surface area (Å²) in [5.41, 5.74) is 0.163. The Labute approximate surface area is 97.9 Å². The van der Waals surface area contributed by atoms with Crippen molar-refractivity contribution in [2.45, 2.75) is 11.8 Å². The van der Waals surface area contributed by atoms with Gasteiger partial charge in [0.15, 0.2) is 0 Å². The molecule has 17 heavy (non-hydrogen) atoms. The molecule has 6 heteroatoms. The van der Waals surface area contributed by atoms with E-state index in [2.05, 4.69) is 0 Å². The molecule has 0 radical (unpaired) electrons. The number of hydrogen-bond acceptors (Lipinski definition) is 4. The zero-order chi connectivity index (χ0) is 12.8. The molecule has 1 aromatic rings. The minimum Gasteiger partial charge on any atom is -0.507 e. The van der Waals surface area contributed by atoms with E-state index >= 15 is 0 Å². The molecule has 1 aliphatic rings. The van der Waals surface area contributed by atoms with Crippen molar-refractivity contribution < 1.29 is 23.4 Å². The van der Waals surface area contributed by atoms with E-state index in [0.717, 1.165) is 0 Å². The molecule has 0 fully saturated rings. The van der Waals surface area contributed by atoms with E-state index < -0.39 is 21.7 Å². The number of phenolic OH excluding ortho intramolecular Hbond substituents is 1. The molecule has 90 valence electrons. The highest BCUT2D eigenvalue weighted by Gasteiger charge is 2.36. The third-order valence-electron chi connectivity index (χ3n) is 2.73. The molecule has 0 saturated carbocycles. The lowest BCUT2D eigenvalue weighted by atomic mass is 10.1. The van der Waals surface area contributed by atoms with Gasteiger partial charge in [0, 0.05) is 5.56 Å². The van der Waals surface area contributed by atoms with Crippen molar-refractivity contribution in [2.24, 2.45) is 5.92 Å². The molecule has 2 rings (SSSR count). The fraction of sp³-hybridized carbons (Fsp3) is 0.182. The number of carboxylic acids is 1. The highest BCUT2D eigenvalue weighted by Crippen LogP contribution is 2.40. The summed E-state index contributed by atoms with van der Waals surface area (Å²) in [6.45, 7) is 1.30. The normalized spacial score (nSPS) is 18.3. The van der Waals surface area contributed by atoms with Crippen LogP contribution in [0, 0.1) is 5.92 Å². The average molecular weight is 254 g/mol.